The van der Waals surface area contributed by atoms with Gasteiger partial charge in [0.25, 0.3) is 0 Å². The third-order valence-corrected chi connectivity index (χ3v) is 1.10. The van der Waals surface area contributed by atoms with Gasteiger partial charge in [-0.15, -0.1) is 0 Å². The Morgan fingerprint density at radius 2 is 2.20 bits per heavy atom. The molecule has 0 radical (unpaired) electrons. The molecule has 0 aromatic rings. The van der Waals surface area contributed by atoms with Crippen LogP contribution < -0.4 is 0 Å². The predicted molar refractivity (Wildman–Crippen MR) is 35.4 cm³/mol. The second kappa shape index (κ2) is 5.60. The van der Waals surface area contributed by atoms with Crippen molar-refractivity contribution in [1.29, 1.82) is 10.5 Å². The van der Waals surface area contributed by atoms with E-state index in [1.165, 1.54) is 0 Å². The van der Waals surface area contributed by atoms with Crippen LogP contribution in [0.1, 0.15) is 12.8 Å². The second-order valence-electron chi connectivity index (χ2n) is 1.86. The summed E-state index contributed by atoms with van der Waals surface area (Å²) in [6.45, 7) is 6.68. The highest BCUT2D eigenvalue weighted by Crippen LogP contribution is 2.04. The van der Waals surface area contributed by atoms with Crippen molar-refractivity contribution in [2.75, 3.05) is 6.54 Å². The zero-order valence-corrected chi connectivity index (χ0v) is 5.54. The van der Waals surface area contributed by atoms with E-state index in [2.05, 4.69) is 4.85 Å². The molecule has 0 aromatic heterocycles. The van der Waals surface area contributed by atoms with Crippen LogP contribution >= 0.6 is 0 Å². The van der Waals surface area contributed by atoms with Crippen LogP contribution in [0.25, 0.3) is 4.85 Å². The fraction of sp³-hybridized carbons (Fsp3) is 0.571. The van der Waals surface area contributed by atoms with E-state index in [1.807, 2.05) is 12.1 Å². The van der Waals surface area contributed by atoms with E-state index in [9.17, 15) is 0 Å². The molecule has 0 heterocycles. The molecule has 0 fully saturated rings. The van der Waals surface area contributed by atoms with Crippen LogP contribution in [0.4, 0.5) is 0 Å². The van der Waals surface area contributed by atoms with Crippen molar-refractivity contribution in [3.63, 3.8) is 0 Å². The maximum absolute atomic E-state index is 8.38. The first-order chi connectivity index (χ1) is 4.85. The summed E-state index contributed by atoms with van der Waals surface area (Å²) in [6, 6.07) is 3.91. The molecule has 0 bridgehead atoms. The van der Waals surface area contributed by atoms with Crippen molar-refractivity contribution in [3.05, 3.63) is 11.4 Å². The minimum Gasteiger partial charge on any atom is -0.315 e. The molecule has 0 aliphatic rings. The van der Waals surface area contributed by atoms with Crippen LogP contribution in [0.5, 0.6) is 0 Å². The van der Waals surface area contributed by atoms with Gasteiger partial charge in [0.1, 0.15) is 5.92 Å². The standard InChI is InChI=1S/C7H7N3/c1-10-6-7(5-9)3-2-4-8/h7H,2-3,6H2. The highest BCUT2D eigenvalue weighted by Gasteiger charge is 2.08. The van der Waals surface area contributed by atoms with Gasteiger partial charge in [0, 0.05) is 6.42 Å². The van der Waals surface area contributed by atoms with Gasteiger partial charge >= 0.3 is 0 Å². The Bertz CT molecular complexity index is 200. The molecule has 10 heavy (non-hydrogen) atoms. The Morgan fingerprint density at radius 1 is 1.50 bits per heavy atom. The molecule has 1 unspecified atom stereocenters. The van der Waals surface area contributed by atoms with Gasteiger partial charge in [0.05, 0.1) is 12.1 Å². The second-order valence-corrected chi connectivity index (χ2v) is 1.86. The van der Waals surface area contributed by atoms with Gasteiger partial charge < -0.3 is 4.85 Å². The molecule has 3 heteroatoms. The van der Waals surface area contributed by atoms with Gasteiger partial charge in [0.15, 0.2) is 0 Å². The van der Waals surface area contributed by atoms with Crippen LogP contribution in [0.3, 0.4) is 0 Å². The first-order valence-electron chi connectivity index (χ1n) is 2.95. The van der Waals surface area contributed by atoms with E-state index < -0.39 is 0 Å². The summed E-state index contributed by atoms with van der Waals surface area (Å²) < 4.78 is 0. The summed E-state index contributed by atoms with van der Waals surface area (Å²) in [6.07, 6.45) is 0.892. The fourth-order valence-corrected chi connectivity index (χ4v) is 0.546. The Balaban J connectivity index is 3.57. The predicted octanol–water partition coefficient (Wildman–Crippen LogP) is 1.35. The van der Waals surface area contributed by atoms with E-state index in [-0.39, 0.29) is 12.5 Å². The van der Waals surface area contributed by atoms with Gasteiger partial charge in [-0.25, -0.2) is 6.57 Å². The first kappa shape index (κ1) is 8.47. The van der Waals surface area contributed by atoms with E-state index in [4.69, 9.17) is 17.1 Å². The van der Waals surface area contributed by atoms with E-state index >= 15 is 0 Å². The van der Waals surface area contributed by atoms with Crippen molar-refractivity contribution in [1.82, 2.24) is 0 Å². The monoisotopic (exact) mass is 133 g/mol. The van der Waals surface area contributed by atoms with E-state index in [0.29, 0.717) is 12.8 Å². The lowest BCUT2D eigenvalue weighted by Crippen LogP contribution is -1.98. The molecule has 50 valence electrons. The fourth-order valence-electron chi connectivity index (χ4n) is 0.546. The van der Waals surface area contributed by atoms with Crippen molar-refractivity contribution in [2.24, 2.45) is 5.92 Å². The van der Waals surface area contributed by atoms with Gasteiger partial charge in [-0.2, -0.15) is 10.5 Å². The SMILES string of the molecule is [C-]#[N+]CC(C#N)CCC#N. The summed E-state index contributed by atoms with van der Waals surface area (Å²) in [5, 5.41) is 16.5. The smallest absolute Gasteiger partial charge is 0.230 e. The van der Waals surface area contributed by atoms with Crippen LogP contribution in [-0.2, 0) is 0 Å². The molecule has 0 amide bonds. The van der Waals surface area contributed by atoms with Crippen molar-refractivity contribution in [3.8, 4) is 12.1 Å². The lowest BCUT2D eigenvalue weighted by Gasteiger charge is -1.94. The molecule has 0 saturated heterocycles. The topological polar surface area (TPSA) is 51.9 Å². The molecule has 3 nitrogen and oxygen atoms in total. The van der Waals surface area contributed by atoms with Crippen LogP contribution in [0.2, 0.25) is 0 Å². The Morgan fingerprint density at radius 3 is 2.60 bits per heavy atom. The highest BCUT2D eigenvalue weighted by molar-refractivity contribution is 4.90. The highest BCUT2D eigenvalue weighted by atomic mass is 14.6. The number of hydrogen-bond acceptors (Lipinski definition) is 2. The lowest BCUT2D eigenvalue weighted by molar-refractivity contribution is 0.658. The van der Waals surface area contributed by atoms with Crippen molar-refractivity contribution in [2.45, 2.75) is 12.8 Å². The normalized spacial score (nSPS) is 10.5. The molecular formula is C7H7N3. The minimum absolute atomic E-state index is 0.220. The molecule has 0 rings (SSSR count). The maximum Gasteiger partial charge on any atom is 0.230 e. The summed E-state index contributed by atoms with van der Waals surface area (Å²) in [7, 11) is 0. The summed E-state index contributed by atoms with van der Waals surface area (Å²) in [5.41, 5.74) is 0. The van der Waals surface area contributed by atoms with Crippen molar-refractivity contribution >= 4 is 0 Å². The van der Waals surface area contributed by atoms with Crippen molar-refractivity contribution < 1.29 is 0 Å². The van der Waals surface area contributed by atoms with E-state index in [1.54, 1.807) is 0 Å². The molecule has 0 aliphatic heterocycles. The Hall–Kier alpha value is -1.53. The average Bonchev–Trinajstić information content (AvgIpc) is 1.98. The Kier molecular flexibility index (Phi) is 4.75. The summed E-state index contributed by atoms with van der Waals surface area (Å²) in [5.74, 6) is -0.253. The van der Waals surface area contributed by atoms with Crippen LogP contribution in [0.15, 0.2) is 0 Å². The molecule has 0 aromatic carbocycles. The number of rotatable bonds is 3. The number of nitriles is 2. The minimum atomic E-state index is -0.253. The number of nitrogens with zero attached hydrogens (tertiary/aromatic N) is 3. The third kappa shape index (κ3) is 3.47. The molecule has 0 saturated carbocycles. The van der Waals surface area contributed by atoms with Gasteiger partial charge in [-0.05, 0) is 6.42 Å². The molecule has 1 atom stereocenters. The Labute approximate surface area is 60.3 Å². The lowest BCUT2D eigenvalue weighted by atomic mass is 10.1. The largest absolute Gasteiger partial charge is 0.315 e. The van der Waals surface area contributed by atoms with Gasteiger partial charge in [-0.1, -0.05) is 0 Å². The first-order valence-corrected chi connectivity index (χ1v) is 2.95. The summed E-state index contributed by atoms with van der Waals surface area (Å²) >= 11 is 0. The zero-order chi connectivity index (χ0) is 7.82. The third-order valence-electron chi connectivity index (χ3n) is 1.10. The van der Waals surface area contributed by atoms with E-state index in [0.717, 1.165) is 0 Å². The van der Waals surface area contributed by atoms with Gasteiger partial charge in [-0.3, -0.25) is 0 Å². The number of hydrogen-bond donors (Lipinski definition) is 0. The average molecular weight is 133 g/mol. The zero-order valence-electron chi connectivity index (χ0n) is 5.54. The molecule has 0 spiro atoms. The summed E-state index contributed by atoms with van der Waals surface area (Å²) in [4.78, 5) is 3.08. The molecule has 0 aliphatic carbocycles. The molecule has 0 N–H and O–H groups in total. The quantitative estimate of drug-likeness (QED) is 0.545. The maximum atomic E-state index is 8.38. The van der Waals surface area contributed by atoms with Crippen LogP contribution in [-0.4, -0.2) is 6.54 Å². The van der Waals surface area contributed by atoms with Crippen LogP contribution in [0, 0.1) is 35.2 Å². The molecular weight excluding hydrogens is 126 g/mol. The van der Waals surface area contributed by atoms with Gasteiger partial charge in [0.2, 0.25) is 6.54 Å².